The van der Waals surface area contributed by atoms with E-state index in [9.17, 15) is 10.0 Å². The van der Waals surface area contributed by atoms with Crippen LogP contribution in [0.15, 0.2) is 0 Å². The largest absolute Gasteiger partial charge is 0.623 e. The van der Waals surface area contributed by atoms with E-state index in [1.54, 1.807) is 27.7 Å². The van der Waals surface area contributed by atoms with Gasteiger partial charge in [0.2, 0.25) is 6.21 Å². The van der Waals surface area contributed by atoms with Gasteiger partial charge in [0.1, 0.15) is 0 Å². The predicted molar refractivity (Wildman–Crippen MR) is 64.4 cm³/mol. The number of carbonyl (C=O) groups excluding carboxylic acids is 1. The summed E-state index contributed by atoms with van der Waals surface area (Å²) in [6.45, 7) is 7.28. The summed E-state index contributed by atoms with van der Waals surface area (Å²) in [5.74, 6) is -0.504. The lowest BCUT2D eigenvalue weighted by Crippen LogP contribution is -2.29. The van der Waals surface area contributed by atoms with Gasteiger partial charge in [0.25, 0.3) is 0 Å². The summed E-state index contributed by atoms with van der Waals surface area (Å²) in [5.41, 5.74) is -0.339. The van der Waals surface area contributed by atoms with Gasteiger partial charge < -0.3 is 9.94 Å². The van der Waals surface area contributed by atoms with Crippen LogP contribution in [0.5, 0.6) is 0 Å². The molecule has 0 atom stereocenters. The first-order valence-electron chi connectivity index (χ1n) is 5.17. The summed E-state index contributed by atoms with van der Waals surface area (Å²) >= 11 is 0.918. The van der Waals surface area contributed by atoms with Crippen LogP contribution in [0.3, 0.4) is 0 Å². The van der Waals surface area contributed by atoms with Crippen LogP contribution >= 0.6 is 11.5 Å². The van der Waals surface area contributed by atoms with Crippen LogP contribution in [-0.4, -0.2) is 38.7 Å². The molecule has 0 aliphatic carbocycles. The zero-order valence-corrected chi connectivity index (χ0v) is 11.1. The molecular weight excluding hydrogens is 242 g/mol. The number of hydroxylamine groups is 1. The quantitative estimate of drug-likeness (QED) is 0.269. The minimum Gasteiger partial charge on any atom is -0.623 e. The van der Waals surface area contributed by atoms with Crippen molar-refractivity contribution in [2.24, 2.45) is 0 Å². The van der Waals surface area contributed by atoms with Crippen molar-refractivity contribution < 1.29 is 14.3 Å². The second-order valence-electron chi connectivity index (χ2n) is 4.33. The number of hydrogen-bond acceptors (Lipinski definition) is 6. The fourth-order valence-electron chi connectivity index (χ4n) is 0.925. The molecule has 1 heterocycles. The number of esters is 1. The maximum Gasteiger partial charge on any atom is 0.352 e. The maximum atomic E-state index is 11.7. The monoisotopic (exact) mass is 257 g/mol. The maximum absolute atomic E-state index is 11.7. The Morgan fingerprint density at radius 1 is 1.59 bits per heavy atom. The fourth-order valence-corrected chi connectivity index (χ4v) is 1.46. The number of hydrogen-bond donors (Lipinski definition) is 0. The standard InChI is InChI=1S/C10H15N3O3S/c1-5-16-9(14)8-7(11-12-17-8)6-13(15)10(2,3)4/h6H,5H2,1-4H3/b13-6-. The highest BCUT2D eigenvalue weighted by Crippen LogP contribution is 2.12. The van der Waals surface area contributed by atoms with Gasteiger partial charge in [0.05, 0.1) is 6.61 Å². The molecule has 6 nitrogen and oxygen atoms in total. The lowest BCUT2D eigenvalue weighted by Gasteiger charge is -2.18. The van der Waals surface area contributed by atoms with Crippen molar-refractivity contribution in [2.45, 2.75) is 33.2 Å². The number of aromatic nitrogens is 2. The van der Waals surface area contributed by atoms with Gasteiger partial charge in [-0.3, -0.25) is 0 Å². The second-order valence-corrected chi connectivity index (χ2v) is 5.09. The van der Waals surface area contributed by atoms with Crippen LogP contribution in [-0.2, 0) is 4.74 Å². The van der Waals surface area contributed by atoms with E-state index in [2.05, 4.69) is 9.59 Å². The summed E-state index contributed by atoms with van der Waals surface area (Å²) in [6.07, 6.45) is 1.26. The summed E-state index contributed by atoms with van der Waals surface area (Å²) in [4.78, 5) is 11.8. The molecule has 7 heteroatoms. The van der Waals surface area contributed by atoms with Crippen LogP contribution in [0.25, 0.3) is 0 Å². The summed E-state index contributed by atoms with van der Waals surface area (Å²) in [5, 5.41) is 15.5. The van der Waals surface area contributed by atoms with E-state index in [1.807, 2.05) is 0 Å². The third kappa shape index (κ3) is 3.48. The first kappa shape index (κ1) is 13.6. The molecule has 0 unspecified atom stereocenters. The van der Waals surface area contributed by atoms with Crippen LogP contribution in [0.4, 0.5) is 0 Å². The first-order valence-corrected chi connectivity index (χ1v) is 5.94. The molecule has 1 rings (SSSR count). The average Bonchev–Trinajstić information content (AvgIpc) is 2.64. The van der Waals surface area contributed by atoms with E-state index in [-0.39, 0.29) is 17.2 Å². The smallest absolute Gasteiger partial charge is 0.352 e. The highest BCUT2D eigenvalue weighted by Gasteiger charge is 2.22. The Kier molecular flexibility index (Phi) is 4.17. The Bertz CT molecular complexity index is 434. The third-order valence-corrected chi connectivity index (χ3v) is 2.60. The van der Waals surface area contributed by atoms with E-state index in [0.29, 0.717) is 0 Å². The molecule has 0 aliphatic heterocycles. The lowest BCUT2D eigenvalue weighted by atomic mass is 10.1. The zero-order chi connectivity index (χ0) is 13.1. The van der Waals surface area contributed by atoms with Gasteiger partial charge in [-0.15, -0.1) is 5.10 Å². The third-order valence-electron chi connectivity index (χ3n) is 1.87. The Labute approximate surface area is 104 Å². The molecule has 0 bridgehead atoms. The van der Waals surface area contributed by atoms with Crippen molar-refractivity contribution in [1.29, 1.82) is 0 Å². The van der Waals surface area contributed by atoms with Gasteiger partial charge in [-0.05, 0) is 18.5 Å². The normalized spacial score (nSPS) is 12.6. The number of ether oxygens (including phenoxy) is 1. The van der Waals surface area contributed by atoms with Gasteiger partial charge >= 0.3 is 5.97 Å². The van der Waals surface area contributed by atoms with E-state index in [1.165, 1.54) is 6.21 Å². The molecule has 0 amide bonds. The van der Waals surface area contributed by atoms with Crippen molar-refractivity contribution >= 4 is 23.7 Å². The Balaban J connectivity index is 3.01. The van der Waals surface area contributed by atoms with Crippen molar-refractivity contribution in [3.63, 3.8) is 0 Å². The fraction of sp³-hybridized carbons (Fsp3) is 0.600. The van der Waals surface area contributed by atoms with Gasteiger partial charge in [-0.1, -0.05) is 4.49 Å². The Hall–Kier alpha value is -1.50. The van der Waals surface area contributed by atoms with Crippen molar-refractivity contribution in [1.82, 2.24) is 9.59 Å². The molecule has 94 valence electrons. The van der Waals surface area contributed by atoms with Gasteiger partial charge in [0, 0.05) is 20.8 Å². The number of rotatable bonds is 3. The lowest BCUT2D eigenvalue weighted by molar-refractivity contribution is -0.530. The average molecular weight is 257 g/mol. The summed E-state index contributed by atoms with van der Waals surface area (Å²) < 4.78 is 9.24. The van der Waals surface area contributed by atoms with Crippen molar-refractivity contribution in [3.8, 4) is 0 Å². The molecule has 0 N–H and O–H groups in total. The van der Waals surface area contributed by atoms with E-state index in [0.717, 1.165) is 16.3 Å². The Morgan fingerprint density at radius 3 is 2.76 bits per heavy atom. The van der Waals surface area contributed by atoms with Crippen LogP contribution < -0.4 is 0 Å². The van der Waals surface area contributed by atoms with Crippen LogP contribution in [0, 0.1) is 5.21 Å². The molecule has 0 saturated carbocycles. The number of nitrogens with zero attached hydrogens (tertiary/aromatic N) is 3. The summed E-state index contributed by atoms with van der Waals surface area (Å²) in [6, 6.07) is 0. The minimum absolute atomic E-state index is 0.247. The molecule has 0 aromatic carbocycles. The SMILES string of the molecule is CCOC(=O)c1snnc1/C=[N+](\[O-])C(C)(C)C. The topological polar surface area (TPSA) is 78.1 Å². The van der Waals surface area contributed by atoms with Gasteiger partial charge in [-0.2, -0.15) is 0 Å². The molecule has 0 aliphatic rings. The zero-order valence-electron chi connectivity index (χ0n) is 10.3. The van der Waals surface area contributed by atoms with E-state index in [4.69, 9.17) is 4.74 Å². The molecule has 17 heavy (non-hydrogen) atoms. The summed E-state index contributed by atoms with van der Waals surface area (Å²) in [7, 11) is 0. The highest BCUT2D eigenvalue weighted by molar-refractivity contribution is 7.08. The molecule has 0 saturated heterocycles. The van der Waals surface area contributed by atoms with Crippen molar-refractivity contribution in [2.75, 3.05) is 6.61 Å². The van der Waals surface area contributed by atoms with E-state index < -0.39 is 11.5 Å². The molecule has 0 spiro atoms. The van der Waals surface area contributed by atoms with Crippen LogP contribution in [0.1, 0.15) is 43.1 Å². The molecule has 0 radical (unpaired) electrons. The first-order chi connectivity index (χ1) is 7.86. The van der Waals surface area contributed by atoms with E-state index >= 15 is 0 Å². The Morgan fingerprint density at radius 2 is 2.24 bits per heavy atom. The molecular formula is C10H15N3O3S. The van der Waals surface area contributed by atoms with Gasteiger partial charge in [-0.25, -0.2) is 9.53 Å². The molecule has 0 fully saturated rings. The minimum atomic E-state index is -0.588. The number of carbonyl (C=O) groups is 1. The molecule has 1 aromatic rings. The molecule has 1 aromatic heterocycles. The second kappa shape index (κ2) is 5.22. The highest BCUT2D eigenvalue weighted by atomic mass is 32.1. The van der Waals surface area contributed by atoms with Crippen molar-refractivity contribution in [3.05, 3.63) is 15.8 Å². The van der Waals surface area contributed by atoms with Crippen LogP contribution in [0.2, 0.25) is 0 Å². The van der Waals surface area contributed by atoms with Gasteiger partial charge in [0.15, 0.2) is 16.1 Å². The predicted octanol–water partition coefficient (Wildman–Crippen LogP) is 1.44.